The molecule has 3 fully saturated rings. The number of carbonyl (C=O) groups is 4. The normalized spacial score (nSPS) is 20.0. The first kappa shape index (κ1) is 46.4. The van der Waals surface area contributed by atoms with E-state index in [2.05, 4.69) is 44.5 Å². The summed E-state index contributed by atoms with van der Waals surface area (Å²) in [6.45, 7) is 16.0. The number of carbonyl (C=O) groups excluding carboxylic acids is 4. The van der Waals surface area contributed by atoms with E-state index in [0.29, 0.717) is 32.7 Å². The third-order valence-electron chi connectivity index (χ3n) is 12.2. The van der Waals surface area contributed by atoms with Gasteiger partial charge in [-0.05, 0) is 67.1 Å². The molecule has 14 heteroatoms. The molecule has 2 aromatic carbocycles. The fourth-order valence-electron chi connectivity index (χ4n) is 7.87. The SMILES string of the molecule is CC(C)OC(=O)[C@H](O)[C@H](CC1CCCCC1)NC(=O)[C@H](NC(=O)[C@H](CC(=O)N1CCOCC1)Cc1cccc2ccccc12)[C@H](O[Si](C)(C)C(C)(C)C)C1SCCS1. The summed E-state index contributed by atoms with van der Waals surface area (Å²) < 4.78 is 18.0. The predicted molar refractivity (Wildman–Crippen MR) is 236 cm³/mol. The van der Waals surface area contributed by atoms with Gasteiger partial charge in [0.1, 0.15) is 6.04 Å². The number of hydrogen-bond donors (Lipinski definition) is 3. The van der Waals surface area contributed by atoms with Crippen molar-refractivity contribution in [3.63, 3.8) is 0 Å². The predicted octanol–water partition coefficient (Wildman–Crippen LogP) is 6.70. The number of morpholine rings is 1. The maximum atomic E-state index is 15.1. The Morgan fingerprint density at radius 3 is 2.24 bits per heavy atom. The van der Waals surface area contributed by atoms with Gasteiger partial charge in [-0.1, -0.05) is 95.3 Å². The van der Waals surface area contributed by atoms with Crippen LogP contribution in [0.1, 0.15) is 85.1 Å². The Bertz CT molecular complexity index is 1680. The Hall–Kier alpha value is -2.62. The van der Waals surface area contributed by atoms with Crippen molar-refractivity contribution in [1.29, 1.82) is 0 Å². The van der Waals surface area contributed by atoms with Gasteiger partial charge in [-0.2, -0.15) is 0 Å². The Morgan fingerprint density at radius 1 is 0.931 bits per heavy atom. The molecule has 3 N–H and O–H groups in total. The molecule has 11 nitrogen and oxygen atoms in total. The average Bonchev–Trinajstić information content (AvgIpc) is 3.73. The van der Waals surface area contributed by atoms with Crippen molar-refractivity contribution in [2.45, 2.75) is 139 Å². The Morgan fingerprint density at radius 2 is 1.59 bits per heavy atom. The Labute approximate surface area is 355 Å². The van der Waals surface area contributed by atoms with Gasteiger partial charge in [-0.15, -0.1) is 23.5 Å². The summed E-state index contributed by atoms with van der Waals surface area (Å²) in [7, 11) is -2.55. The zero-order chi connectivity index (χ0) is 42.0. The highest BCUT2D eigenvalue weighted by atomic mass is 32.2. The van der Waals surface area contributed by atoms with Crippen molar-refractivity contribution in [3.8, 4) is 0 Å². The number of hydrogen-bond acceptors (Lipinski definition) is 10. The molecular weight excluding hydrogens is 791 g/mol. The number of aliphatic hydroxyl groups is 1. The van der Waals surface area contributed by atoms with Crippen LogP contribution in [0.3, 0.4) is 0 Å². The molecule has 1 saturated carbocycles. The zero-order valence-corrected chi connectivity index (χ0v) is 38.3. The first-order valence-corrected chi connectivity index (χ1v) is 26.3. The summed E-state index contributed by atoms with van der Waals surface area (Å²) in [5.74, 6) is -0.720. The van der Waals surface area contributed by atoms with Gasteiger partial charge in [0.15, 0.2) is 14.4 Å². The molecular formula is C44H67N3O8S2Si. The highest BCUT2D eigenvalue weighted by molar-refractivity contribution is 8.20. The second-order valence-corrected chi connectivity index (χ2v) is 25.5. The van der Waals surface area contributed by atoms with Crippen LogP contribution in [0.5, 0.6) is 0 Å². The molecule has 2 heterocycles. The van der Waals surface area contributed by atoms with Gasteiger partial charge < -0.3 is 34.5 Å². The smallest absolute Gasteiger partial charge is 0.337 e. The van der Waals surface area contributed by atoms with E-state index in [9.17, 15) is 19.5 Å². The van der Waals surface area contributed by atoms with Crippen molar-refractivity contribution in [2.24, 2.45) is 11.8 Å². The van der Waals surface area contributed by atoms with Crippen LogP contribution >= 0.6 is 23.5 Å². The van der Waals surface area contributed by atoms with Crippen LogP contribution in [-0.4, -0.2) is 115 Å². The van der Waals surface area contributed by atoms with Crippen LogP contribution in [0.15, 0.2) is 42.5 Å². The number of rotatable bonds is 17. The number of benzene rings is 2. The molecule has 322 valence electrons. The van der Waals surface area contributed by atoms with Crippen molar-refractivity contribution in [3.05, 3.63) is 48.0 Å². The molecule has 58 heavy (non-hydrogen) atoms. The number of aliphatic hydroxyl groups excluding tert-OH is 1. The summed E-state index contributed by atoms with van der Waals surface area (Å²) in [5, 5.41) is 19.6. The fraction of sp³-hybridized carbons (Fsp3) is 0.682. The second kappa shape index (κ2) is 21.3. The largest absolute Gasteiger partial charge is 0.461 e. The Balaban J connectivity index is 1.53. The lowest BCUT2D eigenvalue weighted by molar-refractivity contribution is -0.159. The van der Waals surface area contributed by atoms with E-state index in [1.807, 2.05) is 42.5 Å². The van der Waals surface area contributed by atoms with Crippen LogP contribution in [0.2, 0.25) is 18.1 Å². The van der Waals surface area contributed by atoms with Gasteiger partial charge in [0.2, 0.25) is 17.7 Å². The summed E-state index contributed by atoms with van der Waals surface area (Å²) in [4.78, 5) is 58.9. The molecule has 0 aromatic heterocycles. The third-order valence-corrected chi connectivity index (χ3v) is 19.8. The highest BCUT2D eigenvalue weighted by Crippen LogP contribution is 2.43. The molecule has 3 aliphatic rings. The maximum absolute atomic E-state index is 15.1. The number of amides is 3. The van der Waals surface area contributed by atoms with E-state index in [4.69, 9.17) is 13.9 Å². The third kappa shape index (κ3) is 12.7. The van der Waals surface area contributed by atoms with Crippen molar-refractivity contribution < 1.29 is 38.2 Å². The topological polar surface area (TPSA) is 143 Å². The molecule has 1 aliphatic carbocycles. The first-order chi connectivity index (χ1) is 27.5. The van der Waals surface area contributed by atoms with E-state index in [0.717, 1.165) is 59.9 Å². The zero-order valence-electron chi connectivity index (χ0n) is 35.6. The molecule has 0 spiro atoms. The second-order valence-electron chi connectivity index (χ2n) is 18.0. The maximum Gasteiger partial charge on any atom is 0.337 e. The quantitative estimate of drug-likeness (QED) is 0.116. The van der Waals surface area contributed by atoms with Gasteiger partial charge in [0.05, 0.1) is 42.0 Å². The molecule has 2 aliphatic heterocycles. The molecule has 2 aromatic rings. The van der Waals surface area contributed by atoms with Crippen molar-refractivity contribution in [2.75, 3.05) is 37.8 Å². The van der Waals surface area contributed by atoms with Crippen LogP contribution in [0.4, 0.5) is 0 Å². The lowest BCUT2D eigenvalue weighted by Gasteiger charge is -2.43. The molecule has 0 unspecified atom stereocenters. The Kier molecular flexibility index (Phi) is 17.0. The van der Waals surface area contributed by atoms with E-state index in [1.165, 1.54) is 0 Å². The van der Waals surface area contributed by atoms with Crippen LogP contribution in [-0.2, 0) is 39.5 Å². The molecule has 0 bridgehead atoms. The minimum atomic E-state index is -2.55. The van der Waals surface area contributed by atoms with Crippen molar-refractivity contribution in [1.82, 2.24) is 15.5 Å². The van der Waals surface area contributed by atoms with Crippen molar-refractivity contribution >= 4 is 66.3 Å². The average molecular weight is 858 g/mol. The molecule has 2 saturated heterocycles. The molecule has 3 amide bonds. The van der Waals surface area contributed by atoms with E-state index < -0.39 is 62.4 Å². The molecule has 5 rings (SSSR count). The molecule has 0 radical (unpaired) electrons. The van der Waals surface area contributed by atoms with Gasteiger partial charge >= 0.3 is 5.97 Å². The lowest BCUT2D eigenvalue weighted by Crippen LogP contribution is -2.63. The number of nitrogens with one attached hydrogen (secondary N) is 2. The lowest BCUT2D eigenvalue weighted by atomic mass is 9.83. The van der Waals surface area contributed by atoms with Gasteiger partial charge in [-0.3, -0.25) is 14.4 Å². The van der Waals surface area contributed by atoms with E-state index >= 15 is 4.79 Å². The summed E-state index contributed by atoms with van der Waals surface area (Å²) in [5.41, 5.74) is 0.935. The number of ether oxygens (including phenoxy) is 2. The van der Waals surface area contributed by atoms with Crippen LogP contribution < -0.4 is 10.6 Å². The number of nitrogens with zero attached hydrogens (tertiary/aromatic N) is 1. The summed E-state index contributed by atoms with van der Waals surface area (Å²) >= 11 is 3.43. The first-order valence-electron chi connectivity index (χ1n) is 21.3. The number of esters is 1. The minimum absolute atomic E-state index is 0.0475. The highest BCUT2D eigenvalue weighted by Gasteiger charge is 2.47. The minimum Gasteiger partial charge on any atom is -0.461 e. The van der Waals surface area contributed by atoms with Crippen LogP contribution in [0, 0.1) is 11.8 Å². The summed E-state index contributed by atoms with van der Waals surface area (Å²) in [6.07, 6.45) is 2.99. The number of fused-ring (bicyclic) bond motifs is 1. The monoisotopic (exact) mass is 857 g/mol. The van der Waals surface area contributed by atoms with Crippen LogP contribution in [0.25, 0.3) is 10.8 Å². The van der Waals surface area contributed by atoms with Gasteiger partial charge in [-0.25, -0.2) is 4.79 Å². The van der Waals surface area contributed by atoms with E-state index in [-0.39, 0.29) is 34.3 Å². The van der Waals surface area contributed by atoms with Gasteiger partial charge in [0, 0.05) is 31.0 Å². The fourth-order valence-corrected chi connectivity index (χ4v) is 12.4. The van der Waals surface area contributed by atoms with Gasteiger partial charge in [0.25, 0.3) is 0 Å². The van der Waals surface area contributed by atoms with E-state index in [1.54, 1.807) is 42.3 Å². The standard InChI is InChI=1S/C44H67N3O8S2Si/c1-29(2)54-42(52)38(49)35(26-30-14-9-8-10-15-30)45-41(51)37(39(43-56-24-25-57-43)55-58(6,7)44(3,4)5)46-40(50)33(28-36(48)47-20-22-53-23-21-47)27-32-18-13-17-31-16-11-12-19-34(31)32/h11-13,16-19,29-30,33,35,37-39,43,49H,8-10,14-15,20-28H2,1-7H3,(H,45,51)(H,46,50)/t33-,35-,37+,38+,39-/m0/s1. The summed E-state index contributed by atoms with van der Waals surface area (Å²) in [6, 6.07) is 11.9. The number of thioether (sulfide) groups is 2. The molecule has 5 atom stereocenters.